The van der Waals surface area contributed by atoms with Gasteiger partial charge >= 0.3 is 11.9 Å². The Hall–Kier alpha value is -3.42. The lowest BCUT2D eigenvalue weighted by Crippen LogP contribution is -2.32. The molecule has 0 saturated carbocycles. The molecule has 0 aromatic heterocycles. The normalized spacial score (nSPS) is 11.6. The molecule has 0 saturated heterocycles. The van der Waals surface area contributed by atoms with Crippen LogP contribution in [-0.4, -0.2) is 70.5 Å². The second-order valence-electron chi connectivity index (χ2n) is 7.23. The molecule has 0 bridgehead atoms. The van der Waals surface area contributed by atoms with Crippen molar-refractivity contribution in [3.8, 4) is 17.2 Å². The third kappa shape index (κ3) is 10.1. The van der Waals surface area contributed by atoms with Gasteiger partial charge in [0.25, 0.3) is 0 Å². The molecule has 0 spiro atoms. The molecule has 0 aliphatic carbocycles. The van der Waals surface area contributed by atoms with Gasteiger partial charge < -0.3 is 29.7 Å². The van der Waals surface area contributed by atoms with Crippen molar-refractivity contribution < 1.29 is 46.8 Å². The lowest BCUT2D eigenvalue weighted by Gasteiger charge is -2.17. The molecule has 0 fully saturated rings. The number of nitrogens with one attached hydrogen (secondary N) is 2. The first kappa shape index (κ1) is 30.6. The number of halogens is 1. The molecule has 0 heterocycles. The molecular weight excluding hydrogens is 499 g/mol. The molecule has 0 amide bonds. The van der Waals surface area contributed by atoms with E-state index in [0.717, 1.165) is 5.56 Å². The Bertz CT molecular complexity index is 1110. The van der Waals surface area contributed by atoms with Gasteiger partial charge in [-0.05, 0) is 57.1 Å². The van der Waals surface area contributed by atoms with Crippen molar-refractivity contribution >= 4 is 22.0 Å². The number of sulfonamides is 1. The number of benzene rings is 2. The molecule has 13 heteroatoms. The Labute approximate surface area is 209 Å². The standard InChI is InChI=1S/C21H29FN2O5S.C2H2O4/c1-5-28-19-8-6-16(13-21(19)30(25,26)23-3)12-15(2)24-10-11-29-20-14-17(22)7-9-18(20)27-4;3-1(4)2(5)6/h6-9,13-15,23-24H,5,10-12H2,1-4H3;(H,3,4)(H,5,6). The van der Waals surface area contributed by atoms with Crippen LogP contribution in [0.2, 0.25) is 0 Å². The zero-order valence-corrected chi connectivity index (χ0v) is 21.2. The molecule has 1 unspecified atom stereocenters. The molecule has 200 valence electrons. The predicted molar refractivity (Wildman–Crippen MR) is 129 cm³/mol. The van der Waals surface area contributed by atoms with Crippen molar-refractivity contribution in [2.45, 2.75) is 31.2 Å². The molecule has 2 aromatic rings. The van der Waals surface area contributed by atoms with Crippen molar-refractivity contribution in [3.05, 3.63) is 47.8 Å². The number of hydrogen-bond donors (Lipinski definition) is 4. The maximum absolute atomic E-state index is 13.4. The van der Waals surface area contributed by atoms with Crippen LogP contribution in [-0.2, 0) is 26.0 Å². The van der Waals surface area contributed by atoms with Crippen LogP contribution in [0.3, 0.4) is 0 Å². The topological polar surface area (TPSA) is 160 Å². The summed E-state index contributed by atoms with van der Waals surface area (Å²) >= 11 is 0. The highest BCUT2D eigenvalue weighted by Crippen LogP contribution is 2.27. The molecule has 0 radical (unpaired) electrons. The molecule has 4 N–H and O–H groups in total. The van der Waals surface area contributed by atoms with E-state index in [9.17, 15) is 12.8 Å². The molecule has 2 aromatic carbocycles. The van der Waals surface area contributed by atoms with Gasteiger partial charge in [0.15, 0.2) is 11.5 Å². The molecule has 36 heavy (non-hydrogen) atoms. The maximum Gasteiger partial charge on any atom is 0.414 e. The summed E-state index contributed by atoms with van der Waals surface area (Å²) in [4.78, 5) is 18.3. The molecule has 11 nitrogen and oxygen atoms in total. The van der Waals surface area contributed by atoms with Crippen LogP contribution in [0.5, 0.6) is 17.2 Å². The van der Waals surface area contributed by atoms with Gasteiger partial charge in [-0.2, -0.15) is 0 Å². The summed E-state index contributed by atoms with van der Waals surface area (Å²) in [5.74, 6) is -2.90. The van der Waals surface area contributed by atoms with E-state index >= 15 is 0 Å². The van der Waals surface area contributed by atoms with Gasteiger partial charge in [-0.15, -0.1) is 0 Å². The van der Waals surface area contributed by atoms with E-state index in [0.29, 0.717) is 43.4 Å². The summed E-state index contributed by atoms with van der Waals surface area (Å²) in [7, 11) is -0.759. The lowest BCUT2D eigenvalue weighted by atomic mass is 10.1. The van der Waals surface area contributed by atoms with E-state index in [1.807, 2.05) is 13.0 Å². The van der Waals surface area contributed by atoms with Crippen LogP contribution in [0.1, 0.15) is 19.4 Å². The van der Waals surface area contributed by atoms with Crippen molar-refractivity contribution in [2.24, 2.45) is 0 Å². The van der Waals surface area contributed by atoms with Crippen LogP contribution in [0.15, 0.2) is 41.3 Å². The summed E-state index contributed by atoms with van der Waals surface area (Å²) in [5.41, 5.74) is 0.861. The lowest BCUT2D eigenvalue weighted by molar-refractivity contribution is -0.159. The van der Waals surface area contributed by atoms with Crippen molar-refractivity contribution in [3.63, 3.8) is 0 Å². The number of carboxylic acid groups (broad SMARTS) is 2. The van der Waals surface area contributed by atoms with Crippen LogP contribution in [0, 0.1) is 5.82 Å². The summed E-state index contributed by atoms with van der Waals surface area (Å²) in [6.07, 6.45) is 0.613. The van der Waals surface area contributed by atoms with E-state index in [1.54, 1.807) is 19.1 Å². The van der Waals surface area contributed by atoms with Gasteiger partial charge in [-0.1, -0.05) is 6.07 Å². The molecule has 0 aliphatic heterocycles. The fourth-order valence-electron chi connectivity index (χ4n) is 2.93. The summed E-state index contributed by atoms with van der Waals surface area (Å²) in [6, 6.07) is 9.33. The fraction of sp³-hybridized carbons (Fsp3) is 0.391. The number of carbonyl (C=O) groups is 2. The summed E-state index contributed by atoms with van der Waals surface area (Å²) in [6.45, 7) is 5.02. The monoisotopic (exact) mass is 530 g/mol. The minimum absolute atomic E-state index is 0.0612. The largest absolute Gasteiger partial charge is 0.493 e. The van der Waals surface area contributed by atoms with Gasteiger partial charge in [-0.3, -0.25) is 0 Å². The smallest absolute Gasteiger partial charge is 0.414 e. The first-order chi connectivity index (χ1) is 16.9. The first-order valence-electron chi connectivity index (χ1n) is 10.8. The van der Waals surface area contributed by atoms with Gasteiger partial charge in [0.1, 0.15) is 23.1 Å². The SMILES string of the molecule is CCOc1ccc(CC(C)NCCOc2cc(F)ccc2OC)cc1S(=O)(=O)NC.O=C(O)C(=O)O. The number of aliphatic carboxylic acids is 2. The van der Waals surface area contributed by atoms with Crippen LogP contribution >= 0.6 is 0 Å². The molecule has 1 atom stereocenters. The van der Waals surface area contributed by atoms with E-state index < -0.39 is 27.8 Å². The summed E-state index contributed by atoms with van der Waals surface area (Å²) < 4.78 is 56.5. The van der Waals surface area contributed by atoms with Crippen molar-refractivity contribution in [1.82, 2.24) is 10.0 Å². The average Bonchev–Trinajstić information content (AvgIpc) is 2.83. The minimum Gasteiger partial charge on any atom is -0.493 e. The van der Waals surface area contributed by atoms with E-state index in [-0.39, 0.29) is 10.9 Å². The average molecular weight is 531 g/mol. The zero-order chi connectivity index (χ0) is 27.3. The van der Waals surface area contributed by atoms with Crippen molar-refractivity contribution in [2.75, 3.05) is 33.9 Å². The van der Waals surface area contributed by atoms with Crippen LogP contribution in [0.25, 0.3) is 0 Å². The zero-order valence-electron chi connectivity index (χ0n) is 20.4. The van der Waals surface area contributed by atoms with Gasteiger partial charge in [0, 0.05) is 18.7 Å². The maximum atomic E-state index is 13.4. The third-order valence-electron chi connectivity index (χ3n) is 4.57. The van der Waals surface area contributed by atoms with Crippen LogP contribution < -0.4 is 24.2 Å². The number of rotatable bonds is 12. The Morgan fingerprint density at radius 2 is 1.67 bits per heavy atom. The number of ether oxygens (including phenoxy) is 3. The van der Waals surface area contributed by atoms with Gasteiger partial charge in [0.05, 0.1) is 13.7 Å². The van der Waals surface area contributed by atoms with Crippen molar-refractivity contribution in [1.29, 1.82) is 0 Å². The third-order valence-corrected chi connectivity index (χ3v) is 6.00. The van der Waals surface area contributed by atoms with Gasteiger partial charge in [0.2, 0.25) is 10.0 Å². The number of hydrogen-bond acceptors (Lipinski definition) is 8. The highest BCUT2D eigenvalue weighted by atomic mass is 32.2. The quantitative estimate of drug-likeness (QED) is 0.236. The van der Waals surface area contributed by atoms with E-state index in [2.05, 4.69) is 10.0 Å². The number of methoxy groups -OCH3 is 1. The highest BCUT2D eigenvalue weighted by molar-refractivity contribution is 7.89. The van der Waals surface area contributed by atoms with E-state index in [1.165, 1.54) is 32.4 Å². The Morgan fingerprint density at radius 3 is 2.22 bits per heavy atom. The Balaban J connectivity index is 0.000000960. The Kier molecular flexibility index (Phi) is 12.6. The Morgan fingerprint density at radius 1 is 1.03 bits per heavy atom. The molecular formula is C23H31FN2O9S. The fourth-order valence-corrected chi connectivity index (χ4v) is 3.85. The second-order valence-corrected chi connectivity index (χ2v) is 9.09. The second kappa shape index (κ2) is 14.9. The van der Waals surface area contributed by atoms with Gasteiger partial charge in [-0.25, -0.2) is 27.1 Å². The number of carboxylic acids is 2. The predicted octanol–water partition coefficient (Wildman–Crippen LogP) is 1.90. The summed E-state index contributed by atoms with van der Waals surface area (Å²) in [5, 5.41) is 18.1. The molecule has 2 rings (SSSR count). The highest BCUT2D eigenvalue weighted by Gasteiger charge is 2.19. The van der Waals surface area contributed by atoms with Crippen LogP contribution in [0.4, 0.5) is 4.39 Å². The minimum atomic E-state index is -3.63. The molecule has 0 aliphatic rings. The first-order valence-corrected chi connectivity index (χ1v) is 12.3. The van der Waals surface area contributed by atoms with E-state index in [4.69, 9.17) is 34.0 Å².